The van der Waals surface area contributed by atoms with Gasteiger partial charge >= 0.3 is 0 Å². The Morgan fingerprint density at radius 2 is 2.19 bits per heavy atom. The molecule has 3 nitrogen and oxygen atoms in total. The molecule has 3 N–H and O–H groups in total. The number of rotatable bonds is 3. The maximum absolute atomic E-state index is 5.76. The van der Waals surface area contributed by atoms with Gasteiger partial charge in [-0.25, -0.2) is 0 Å². The molecule has 1 aromatic heterocycles. The van der Waals surface area contributed by atoms with Crippen LogP contribution in [0.4, 0.5) is 0 Å². The first-order valence-electron chi connectivity index (χ1n) is 5.19. The summed E-state index contributed by atoms with van der Waals surface area (Å²) in [6.07, 6.45) is 0.933. The Labute approximate surface area is 109 Å². The first-order valence-corrected chi connectivity index (χ1v) is 6.80. The van der Waals surface area contributed by atoms with E-state index in [9.17, 15) is 0 Å². The third kappa shape index (κ3) is 5.51. The molecule has 0 radical (unpaired) electrons. The second-order valence-electron chi connectivity index (χ2n) is 4.60. The molecular formula is C11H18BrN3S. The predicted octanol–water partition coefficient (Wildman–Crippen LogP) is 2.76. The fourth-order valence-corrected chi connectivity index (χ4v) is 2.67. The van der Waals surface area contributed by atoms with Crippen LogP contribution in [-0.2, 0) is 6.42 Å². The molecule has 0 unspecified atom stereocenters. The predicted molar refractivity (Wildman–Crippen MR) is 75.1 cm³/mol. The van der Waals surface area contributed by atoms with Crippen LogP contribution in [0, 0.1) is 0 Å². The zero-order valence-electron chi connectivity index (χ0n) is 9.88. The molecule has 90 valence electrons. The second-order valence-corrected chi connectivity index (χ2v) is 7.15. The number of nitrogens with one attached hydrogen (secondary N) is 1. The standard InChI is InChI=1S/C11H18BrN3S/c1-11(2,3)15-10(13)14-7-6-8-4-5-9(12)16-8/h4-5H,6-7H2,1-3H3,(H3,13,14,15). The van der Waals surface area contributed by atoms with Gasteiger partial charge in [0.25, 0.3) is 0 Å². The van der Waals surface area contributed by atoms with E-state index in [4.69, 9.17) is 5.73 Å². The van der Waals surface area contributed by atoms with E-state index >= 15 is 0 Å². The molecular weight excluding hydrogens is 286 g/mol. The van der Waals surface area contributed by atoms with Crippen LogP contribution in [-0.4, -0.2) is 18.0 Å². The van der Waals surface area contributed by atoms with E-state index in [1.165, 1.54) is 4.88 Å². The third-order valence-electron chi connectivity index (χ3n) is 1.77. The first kappa shape index (κ1) is 13.5. The number of nitrogens with zero attached hydrogens (tertiary/aromatic N) is 1. The maximum Gasteiger partial charge on any atom is 0.188 e. The quantitative estimate of drug-likeness (QED) is 0.666. The summed E-state index contributed by atoms with van der Waals surface area (Å²) in [4.78, 5) is 5.61. The van der Waals surface area contributed by atoms with Crippen LogP contribution in [0.25, 0.3) is 0 Å². The van der Waals surface area contributed by atoms with E-state index < -0.39 is 0 Å². The van der Waals surface area contributed by atoms with E-state index in [0.29, 0.717) is 5.96 Å². The van der Waals surface area contributed by atoms with E-state index in [0.717, 1.165) is 16.8 Å². The summed E-state index contributed by atoms with van der Waals surface area (Å²) >= 11 is 5.18. The van der Waals surface area contributed by atoms with Gasteiger partial charge in [0.1, 0.15) is 0 Å². The van der Waals surface area contributed by atoms with E-state index in [1.807, 2.05) is 0 Å². The third-order valence-corrected chi connectivity index (χ3v) is 3.46. The van der Waals surface area contributed by atoms with Crippen molar-refractivity contribution in [3.8, 4) is 0 Å². The summed E-state index contributed by atoms with van der Waals surface area (Å²) in [5.41, 5.74) is 5.73. The Hall–Kier alpha value is -0.550. The molecule has 0 aliphatic carbocycles. The topological polar surface area (TPSA) is 50.4 Å². The number of hydrogen-bond acceptors (Lipinski definition) is 2. The molecule has 0 aliphatic rings. The zero-order chi connectivity index (χ0) is 12.2. The summed E-state index contributed by atoms with van der Waals surface area (Å²) in [5.74, 6) is 0.517. The van der Waals surface area contributed by atoms with Gasteiger partial charge in [-0.15, -0.1) is 11.3 Å². The van der Waals surface area contributed by atoms with Crippen molar-refractivity contribution in [2.24, 2.45) is 10.7 Å². The van der Waals surface area contributed by atoms with E-state index in [2.05, 4.69) is 59.1 Å². The fourth-order valence-electron chi connectivity index (χ4n) is 1.20. The SMILES string of the molecule is CC(C)(C)NC(N)=NCCc1ccc(Br)s1. The summed E-state index contributed by atoms with van der Waals surface area (Å²) in [6, 6.07) is 4.16. The van der Waals surface area contributed by atoms with Crippen molar-refractivity contribution in [1.82, 2.24) is 5.32 Å². The Bertz CT molecular complexity index is 366. The van der Waals surface area contributed by atoms with Gasteiger partial charge in [0.15, 0.2) is 5.96 Å². The van der Waals surface area contributed by atoms with E-state index in [1.54, 1.807) is 11.3 Å². The van der Waals surface area contributed by atoms with Crippen LogP contribution in [0.5, 0.6) is 0 Å². The molecule has 0 bridgehead atoms. The van der Waals surface area contributed by atoms with Crippen molar-refractivity contribution in [2.75, 3.05) is 6.54 Å². The number of hydrogen-bond donors (Lipinski definition) is 2. The average molecular weight is 304 g/mol. The highest BCUT2D eigenvalue weighted by Gasteiger charge is 2.09. The maximum atomic E-state index is 5.76. The van der Waals surface area contributed by atoms with Crippen LogP contribution >= 0.6 is 27.3 Å². The molecule has 0 saturated carbocycles. The van der Waals surface area contributed by atoms with Crippen LogP contribution < -0.4 is 11.1 Å². The minimum Gasteiger partial charge on any atom is -0.370 e. The average Bonchev–Trinajstić information content (AvgIpc) is 2.48. The number of halogens is 1. The van der Waals surface area contributed by atoms with Crippen molar-refractivity contribution in [1.29, 1.82) is 0 Å². The van der Waals surface area contributed by atoms with Gasteiger partial charge in [-0.2, -0.15) is 0 Å². The highest BCUT2D eigenvalue weighted by molar-refractivity contribution is 9.11. The Balaban J connectivity index is 2.36. The van der Waals surface area contributed by atoms with Crippen LogP contribution in [0.3, 0.4) is 0 Å². The van der Waals surface area contributed by atoms with Crippen LogP contribution in [0.2, 0.25) is 0 Å². The zero-order valence-corrected chi connectivity index (χ0v) is 12.3. The molecule has 0 amide bonds. The lowest BCUT2D eigenvalue weighted by Gasteiger charge is -2.20. The second kappa shape index (κ2) is 5.68. The van der Waals surface area contributed by atoms with Gasteiger partial charge in [0, 0.05) is 23.4 Å². The van der Waals surface area contributed by atoms with Gasteiger partial charge in [0.05, 0.1) is 3.79 Å². The van der Waals surface area contributed by atoms with Gasteiger partial charge in [-0.05, 0) is 48.8 Å². The molecule has 1 aromatic rings. The van der Waals surface area contributed by atoms with Gasteiger partial charge in [-0.3, -0.25) is 4.99 Å². The summed E-state index contributed by atoms with van der Waals surface area (Å²) < 4.78 is 1.16. The minimum atomic E-state index is -0.0282. The first-order chi connectivity index (χ1) is 7.37. The Morgan fingerprint density at radius 3 is 2.69 bits per heavy atom. The number of aliphatic imine (C=N–C) groups is 1. The number of thiophene rings is 1. The smallest absolute Gasteiger partial charge is 0.188 e. The van der Waals surface area contributed by atoms with Gasteiger partial charge in [0.2, 0.25) is 0 Å². The lowest BCUT2D eigenvalue weighted by atomic mass is 10.1. The highest BCUT2D eigenvalue weighted by atomic mass is 79.9. The largest absolute Gasteiger partial charge is 0.370 e. The van der Waals surface area contributed by atoms with Crippen molar-refractivity contribution in [3.63, 3.8) is 0 Å². The molecule has 0 aliphatic heterocycles. The minimum absolute atomic E-state index is 0.0282. The van der Waals surface area contributed by atoms with Gasteiger partial charge < -0.3 is 11.1 Å². The lowest BCUT2D eigenvalue weighted by Crippen LogP contribution is -2.45. The molecule has 0 atom stereocenters. The molecule has 16 heavy (non-hydrogen) atoms. The lowest BCUT2D eigenvalue weighted by molar-refractivity contribution is 0.508. The van der Waals surface area contributed by atoms with Crippen molar-refractivity contribution >= 4 is 33.2 Å². The normalized spacial score (nSPS) is 12.9. The monoisotopic (exact) mass is 303 g/mol. The summed E-state index contributed by atoms with van der Waals surface area (Å²) in [7, 11) is 0. The highest BCUT2D eigenvalue weighted by Crippen LogP contribution is 2.22. The van der Waals surface area contributed by atoms with Crippen LogP contribution in [0.15, 0.2) is 20.9 Å². The molecule has 0 aromatic carbocycles. The molecule has 1 heterocycles. The molecule has 0 spiro atoms. The molecule has 0 fully saturated rings. The summed E-state index contributed by atoms with van der Waals surface area (Å²) in [5, 5.41) is 3.13. The van der Waals surface area contributed by atoms with Crippen molar-refractivity contribution in [3.05, 3.63) is 20.8 Å². The van der Waals surface area contributed by atoms with Crippen molar-refractivity contribution < 1.29 is 0 Å². The molecule has 0 saturated heterocycles. The number of guanidine groups is 1. The van der Waals surface area contributed by atoms with Gasteiger partial charge in [-0.1, -0.05) is 0 Å². The Kier molecular flexibility index (Phi) is 4.80. The molecule has 5 heteroatoms. The molecule has 1 rings (SSSR count). The summed E-state index contributed by atoms with van der Waals surface area (Å²) in [6.45, 7) is 6.91. The van der Waals surface area contributed by atoms with E-state index in [-0.39, 0.29) is 5.54 Å². The van der Waals surface area contributed by atoms with Crippen molar-refractivity contribution in [2.45, 2.75) is 32.7 Å². The number of nitrogens with two attached hydrogens (primary N) is 1. The fraction of sp³-hybridized carbons (Fsp3) is 0.545. The Morgan fingerprint density at radius 1 is 1.50 bits per heavy atom. The van der Waals surface area contributed by atoms with Crippen LogP contribution in [0.1, 0.15) is 25.6 Å².